The number of amides is 2. The summed E-state index contributed by atoms with van der Waals surface area (Å²) in [5.74, 6) is -1.25. The Hall–Kier alpha value is -1.66. The molecule has 7 heteroatoms. The lowest BCUT2D eigenvalue weighted by atomic mass is 9.96. The minimum absolute atomic E-state index is 0.0695. The van der Waals surface area contributed by atoms with E-state index in [2.05, 4.69) is 5.32 Å². The summed E-state index contributed by atoms with van der Waals surface area (Å²) in [7, 11) is 3.13. The van der Waals surface area contributed by atoms with Crippen molar-refractivity contribution < 1.29 is 18.7 Å². The molecule has 0 bridgehead atoms. The Morgan fingerprint density at radius 3 is 2.78 bits per heavy atom. The molecule has 0 spiro atoms. The second kappa shape index (κ2) is 7.75. The number of halogens is 2. The van der Waals surface area contributed by atoms with E-state index in [1.165, 1.54) is 12.1 Å². The van der Waals surface area contributed by atoms with Gasteiger partial charge in [0.05, 0.1) is 18.9 Å². The number of methoxy groups -OCH3 is 1. The zero-order chi connectivity index (χ0) is 17.0. The van der Waals surface area contributed by atoms with E-state index < -0.39 is 5.82 Å². The lowest BCUT2D eigenvalue weighted by Gasteiger charge is -2.17. The first-order valence-electron chi connectivity index (χ1n) is 7.39. The first-order chi connectivity index (χ1) is 11.0. The molecule has 1 N–H and O–H groups in total. The Balaban J connectivity index is 2.09. The predicted molar refractivity (Wildman–Crippen MR) is 84.6 cm³/mol. The average Bonchev–Trinajstić information content (AvgIpc) is 2.94. The molecule has 0 unspecified atom stereocenters. The van der Waals surface area contributed by atoms with Crippen molar-refractivity contribution in [3.63, 3.8) is 0 Å². The molecule has 1 saturated heterocycles. The van der Waals surface area contributed by atoms with Gasteiger partial charge in [0.2, 0.25) is 11.8 Å². The lowest BCUT2D eigenvalue weighted by molar-refractivity contribution is -0.130. The third-order valence-corrected chi connectivity index (χ3v) is 4.50. The lowest BCUT2D eigenvalue weighted by Crippen LogP contribution is -2.35. The van der Waals surface area contributed by atoms with Crippen LogP contribution < -0.4 is 5.32 Å². The Morgan fingerprint density at radius 1 is 1.43 bits per heavy atom. The van der Waals surface area contributed by atoms with Crippen LogP contribution in [0.5, 0.6) is 0 Å². The van der Waals surface area contributed by atoms with Crippen molar-refractivity contribution in [2.75, 3.05) is 33.9 Å². The molecule has 0 aliphatic carbocycles. The molecule has 1 aliphatic heterocycles. The number of carbonyl (C=O) groups is 2. The van der Waals surface area contributed by atoms with Crippen molar-refractivity contribution in [3.8, 4) is 0 Å². The predicted octanol–water partition coefficient (Wildman–Crippen LogP) is 1.49. The Bertz CT molecular complexity index is 576. The molecule has 5 nitrogen and oxygen atoms in total. The Labute approximate surface area is 139 Å². The van der Waals surface area contributed by atoms with Gasteiger partial charge in [-0.05, 0) is 12.1 Å². The molecule has 1 aromatic rings. The largest absolute Gasteiger partial charge is 0.384 e. The highest BCUT2D eigenvalue weighted by atomic mass is 35.5. The standard InChI is InChI=1S/C16H20ClFN2O3/c1-19-16(22)12-8-20(7-10(12)9-23-2)15(21)6-11-13(17)4-3-5-14(11)18/h3-5,10,12H,6-9H2,1-2H3,(H,19,22)/t10-,12+/m0/s1. The maximum atomic E-state index is 13.8. The fourth-order valence-corrected chi connectivity index (χ4v) is 3.13. The fraction of sp³-hybridized carbons (Fsp3) is 0.500. The van der Waals surface area contributed by atoms with Gasteiger partial charge in [-0.2, -0.15) is 0 Å². The molecule has 1 heterocycles. The monoisotopic (exact) mass is 342 g/mol. The smallest absolute Gasteiger partial charge is 0.227 e. The minimum atomic E-state index is -0.499. The number of likely N-dealkylation sites (tertiary alicyclic amines) is 1. The SMILES string of the molecule is CNC(=O)[C@@H]1CN(C(=O)Cc2c(F)cccc2Cl)C[C@H]1COC. The number of nitrogens with one attached hydrogen (secondary N) is 1. The van der Waals surface area contributed by atoms with Crippen LogP contribution in [0.25, 0.3) is 0 Å². The van der Waals surface area contributed by atoms with Crippen LogP contribution in [0.1, 0.15) is 5.56 Å². The van der Waals surface area contributed by atoms with Crippen molar-refractivity contribution in [2.45, 2.75) is 6.42 Å². The number of hydrogen-bond donors (Lipinski definition) is 1. The molecule has 2 amide bonds. The molecule has 1 aromatic carbocycles. The van der Waals surface area contributed by atoms with Gasteiger partial charge in [0.15, 0.2) is 0 Å². The molecule has 23 heavy (non-hydrogen) atoms. The minimum Gasteiger partial charge on any atom is -0.384 e. The quantitative estimate of drug-likeness (QED) is 0.882. The molecule has 0 aromatic heterocycles. The van der Waals surface area contributed by atoms with Gasteiger partial charge >= 0.3 is 0 Å². The van der Waals surface area contributed by atoms with Gasteiger partial charge in [-0.15, -0.1) is 0 Å². The normalized spacial score (nSPS) is 20.6. The zero-order valence-corrected chi connectivity index (χ0v) is 13.9. The van der Waals surface area contributed by atoms with Crippen molar-refractivity contribution in [1.82, 2.24) is 10.2 Å². The van der Waals surface area contributed by atoms with Crippen LogP contribution in [-0.4, -0.2) is 50.6 Å². The number of nitrogens with zero attached hydrogens (tertiary/aromatic N) is 1. The van der Waals surface area contributed by atoms with Gasteiger partial charge < -0.3 is 15.0 Å². The van der Waals surface area contributed by atoms with E-state index in [9.17, 15) is 14.0 Å². The van der Waals surface area contributed by atoms with Crippen LogP contribution in [0.3, 0.4) is 0 Å². The highest BCUT2D eigenvalue weighted by Crippen LogP contribution is 2.26. The summed E-state index contributed by atoms with van der Waals surface area (Å²) in [6.45, 7) is 1.11. The molecule has 1 aliphatic rings. The first kappa shape index (κ1) is 17.7. The molecule has 0 saturated carbocycles. The number of benzene rings is 1. The van der Waals surface area contributed by atoms with Crippen molar-refractivity contribution in [3.05, 3.63) is 34.6 Å². The van der Waals surface area contributed by atoms with Crippen LogP contribution in [0.4, 0.5) is 4.39 Å². The Morgan fingerprint density at radius 2 is 2.17 bits per heavy atom. The highest BCUT2D eigenvalue weighted by Gasteiger charge is 2.39. The molecule has 2 atom stereocenters. The van der Waals surface area contributed by atoms with Gasteiger partial charge in [-0.25, -0.2) is 4.39 Å². The van der Waals surface area contributed by atoms with E-state index in [0.29, 0.717) is 19.7 Å². The summed E-state index contributed by atoms with van der Waals surface area (Å²) in [6, 6.07) is 4.33. The highest BCUT2D eigenvalue weighted by molar-refractivity contribution is 6.31. The third kappa shape index (κ3) is 4.00. The van der Waals surface area contributed by atoms with Gasteiger partial charge in [-0.1, -0.05) is 17.7 Å². The number of rotatable bonds is 5. The number of carbonyl (C=O) groups excluding carboxylic acids is 2. The summed E-state index contributed by atoms with van der Waals surface area (Å²) in [4.78, 5) is 26.0. The maximum absolute atomic E-state index is 13.8. The van der Waals surface area contributed by atoms with E-state index >= 15 is 0 Å². The van der Waals surface area contributed by atoms with E-state index in [0.717, 1.165) is 0 Å². The Kier molecular flexibility index (Phi) is 5.96. The van der Waals surface area contributed by atoms with Gasteiger partial charge in [0.1, 0.15) is 5.82 Å². The molecule has 1 fully saturated rings. The van der Waals surface area contributed by atoms with Crippen molar-refractivity contribution in [2.24, 2.45) is 11.8 Å². The van der Waals surface area contributed by atoms with Crippen LogP contribution >= 0.6 is 11.6 Å². The molecule has 0 radical (unpaired) electrons. The van der Waals surface area contributed by atoms with Crippen LogP contribution in [0.2, 0.25) is 5.02 Å². The third-order valence-electron chi connectivity index (χ3n) is 4.15. The maximum Gasteiger partial charge on any atom is 0.227 e. The zero-order valence-electron chi connectivity index (χ0n) is 13.1. The summed E-state index contributed by atoms with van der Waals surface area (Å²) in [5, 5.41) is 2.84. The molecular formula is C16H20ClFN2O3. The van der Waals surface area contributed by atoms with Crippen LogP contribution in [0, 0.1) is 17.7 Å². The van der Waals surface area contributed by atoms with E-state index in [1.807, 2.05) is 0 Å². The number of ether oxygens (including phenoxy) is 1. The van der Waals surface area contributed by atoms with Gasteiger partial charge in [0, 0.05) is 43.8 Å². The second-order valence-electron chi connectivity index (χ2n) is 5.61. The van der Waals surface area contributed by atoms with Gasteiger partial charge in [-0.3, -0.25) is 9.59 Å². The average molecular weight is 343 g/mol. The summed E-state index contributed by atoms with van der Waals surface area (Å²) in [5.41, 5.74) is 0.186. The summed E-state index contributed by atoms with van der Waals surface area (Å²) >= 11 is 5.97. The van der Waals surface area contributed by atoms with Crippen molar-refractivity contribution >= 4 is 23.4 Å². The summed E-state index contributed by atoms with van der Waals surface area (Å²) < 4.78 is 19.0. The van der Waals surface area contributed by atoms with Crippen LogP contribution in [-0.2, 0) is 20.7 Å². The summed E-state index contributed by atoms with van der Waals surface area (Å²) in [6.07, 6.45) is -0.119. The first-order valence-corrected chi connectivity index (χ1v) is 7.77. The fourth-order valence-electron chi connectivity index (χ4n) is 2.90. The molecular weight excluding hydrogens is 323 g/mol. The van der Waals surface area contributed by atoms with Crippen molar-refractivity contribution in [1.29, 1.82) is 0 Å². The number of hydrogen-bond acceptors (Lipinski definition) is 3. The molecule has 2 rings (SSSR count). The topological polar surface area (TPSA) is 58.6 Å². The van der Waals surface area contributed by atoms with Crippen LogP contribution in [0.15, 0.2) is 18.2 Å². The van der Waals surface area contributed by atoms with Gasteiger partial charge in [0.25, 0.3) is 0 Å². The second-order valence-corrected chi connectivity index (χ2v) is 6.02. The molecule has 126 valence electrons. The van der Waals surface area contributed by atoms with E-state index in [-0.39, 0.29) is 40.7 Å². The van der Waals surface area contributed by atoms with E-state index in [4.69, 9.17) is 16.3 Å². The van der Waals surface area contributed by atoms with E-state index in [1.54, 1.807) is 25.1 Å².